The molecule has 0 amide bonds. The summed E-state index contributed by atoms with van der Waals surface area (Å²) < 4.78 is 34.9. The third-order valence-electron chi connectivity index (χ3n) is 12.1. The Morgan fingerprint density at radius 3 is 1.37 bits per heavy atom. The fourth-order valence-electron chi connectivity index (χ4n) is 6.33. The van der Waals surface area contributed by atoms with E-state index in [0.717, 1.165) is 78.3 Å². The van der Waals surface area contributed by atoms with Crippen LogP contribution in [0.1, 0.15) is 142 Å². The lowest BCUT2D eigenvalue weighted by molar-refractivity contribution is 0.0501. The number of carbonyl (C=O) groups is 1. The van der Waals surface area contributed by atoms with Gasteiger partial charge in [0.2, 0.25) is 16.6 Å². The molecule has 0 aliphatic rings. The maximum absolute atomic E-state index is 11.3. The maximum atomic E-state index is 11.3. The molecule has 0 bridgehead atoms. The summed E-state index contributed by atoms with van der Waals surface area (Å²) in [5, 5.41) is 11.6. The van der Waals surface area contributed by atoms with Crippen LogP contribution >= 0.6 is 15.9 Å². The van der Waals surface area contributed by atoms with Gasteiger partial charge < -0.3 is 32.9 Å². The summed E-state index contributed by atoms with van der Waals surface area (Å²) in [5.74, 6) is 4.18. The van der Waals surface area contributed by atoms with Crippen molar-refractivity contribution in [2.24, 2.45) is 0 Å². The average Bonchev–Trinajstić information content (AvgIpc) is 3.15. The SMILES string of the molecule is COCOc1ccc(Br)cc1C(C)C.COCOc1ccc(C(O)c2c(C)cc(O[Si](C)(C)C(C)(C)C)cc2C)cc1C(C)C.Cc1cc(O[Si](C)(C)C(C)(C)C)cc(C)c1C=O. The number of halogens is 1. The second-order valence-electron chi connectivity index (χ2n) is 20.1. The van der Waals surface area contributed by atoms with Gasteiger partial charge in [-0.2, -0.15) is 0 Å². The number of methoxy groups -OCH3 is 2. The zero-order valence-corrected chi connectivity index (χ0v) is 45.8. The molecule has 0 heterocycles. The van der Waals surface area contributed by atoms with Crippen molar-refractivity contribution < 1.29 is 37.7 Å². The number of benzene rings is 4. The summed E-state index contributed by atoms with van der Waals surface area (Å²) in [6.45, 7) is 39.4. The molecule has 0 saturated heterocycles. The van der Waals surface area contributed by atoms with Crippen molar-refractivity contribution in [2.45, 2.75) is 151 Å². The van der Waals surface area contributed by atoms with Crippen LogP contribution in [0.25, 0.3) is 0 Å². The first-order valence-electron chi connectivity index (χ1n) is 21.9. The van der Waals surface area contributed by atoms with E-state index in [1.54, 1.807) is 14.2 Å². The second kappa shape index (κ2) is 23.6. The van der Waals surface area contributed by atoms with E-state index in [-0.39, 0.29) is 22.8 Å². The standard InChI is InChI=1S/C26H40O4Si.C15H24O2Si.C11H15BrO2/c1-17(2)22-15-20(11-12-23(22)29-16-28-8)25(27)24-18(3)13-21(14-19(24)4)30-31(9,10)26(5,6)7;1-11-8-13(9-12(2)14(11)10-16)17-18(6,7)15(3,4)5;1-8(2)10-6-9(12)4-5-11(10)14-7-13-3/h11-15,17,25,27H,16H2,1-10H3;8-10H,1-7H3;4-6,8H,7H2,1-3H3. The van der Waals surface area contributed by atoms with Gasteiger partial charge in [-0.3, -0.25) is 4.79 Å². The lowest BCUT2D eigenvalue weighted by Gasteiger charge is -2.36. The molecule has 4 aromatic carbocycles. The molecule has 350 valence electrons. The Bertz CT molecular complexity index is 2050. The highest BCUT2D eigenvalue weighted by Gasteiger charge is 2.40. The maximum Gasteiger partial charge on any atom is 0.250 e. The number of aldehydes is 1. The van der Waals surface area contributed by atoms with Crippen LogP contribution in [0.3, 0.4) is 0 Å². The number of ether oxygens (including phenoxy) is 4. The predicted molar refractivity (Wildman–Crippen MR) is 271 cm³/mol. The molecule has 0 aliphatic carbocycles. The van der Waals surface area contributed by atoms with Gasteiger partial charge in [0.15, 0.2) is 19.9 Å². The number of aliphatic hydroxyl groups is 1. The lowest BCUT2D eigenvalue weighted by atomic mass is 9.90. The highest BCUT2D eigenvalue weighted by molar-refractivity contribution is 9.10. The van der Waals surface area contributed by atoms with Crippen LogP contribution in [0, 0.1) is 27.7 Å². The average molecular weight is 968 g/mol. The third-order valence-corrected chi connectivity index (χ3v) is 21.3. The molecular weight excluding hydrogens is 889 g/mol. The van der Waals surface area contributed by atoms with Gasteiger partial charge in [-0.1, -0.05) is 91.2 Å². The summed E-state index contributed by atoms with van der Waals surface area (Å²) in [6, 6.07) is 20.0. The van der Waals surface area contributed by atoms with E-state index in [1.807, 2.05) is 70.2 Å². The van der Waals surface area contributed by atoms with Crippen molar-refractivity contribution in [3.05, 3.63) is 115 Å². The van der Waals surface area contributed by atoms with Crippen molar-refractivity contribution >= 4 is 38.9 Å². The van der Waals surface area contributed by atoms with Crippen LogP contribution in [-0.2, 0) is 9.47 Å². The van der Waals surface area contributed by atoms with E-state index >= 15 is 0 Å². The van der Waals surface area contributed by atoms with Crippen LogP contribution in [0.5, 0.6) is 23.0 Å². The number of rotatable bonds is 15. The Morgan fingerprint density at radius 1 is 0.619 bits per heavy atom. The Balaban J connectivity index is 0.000000360. The zero-order chi connectivity index (χ0) is 48.2. The van der Waals surface area contributed by atoms with Gasteiger partial charge in [0.05, 0.1) is 0 Å². The fraction of sp³-hybridized carbons (Fsp3) is 0.519. The summed E-state index contributed by atoms with van der Waals surface area (Å²) in [4.78, 5) is 11.0. The monoisotopic (exact) mass is 966 g/mol. The van der Waals surface area contributed by atoms with Gasteiger partial charge in [0.25, 0.3) is 0 Å². The largest absolute Gasteiger partial charge is 0.543 e. The number of aliphatic hydroxyl groups excluding tert-OH is 1. The van der Waals surface area contributed by atoms with Gasteiger partial charge in [0, 0.05) is 24.3 Å². The molecule has 0 fully saturated rings. The minimum Gasteiger partial charge on any atom is -0.543 e. The van der Waals surface area contributed by atoms with Gasteiger partial charge in [0.1, 0.15) is 29.1 Å². The first kappa shape index (κ1) is 55.7. The van der Waals surface area contributed by atoms with Gasteiger partial charge in [-0.05, 0) is 175 Å². The molecule has 8 nitrogen and oxygen atoms in total. The molecular formula is C52H79BrO8Si2. The summed E-state index contributed by atoms with van der Waals surface area (Å²) in [7, 11) is -0.504. The Labute approximate surface area is 391 Å². The molecule has 1 unspecified atom stereocenters. The smallest absolute Gasteiger partial charge is 0.250 e. The van der Waals surface area contributed by atoms with E-state index in [1.165, 1.54) is 5.56 Å². The molecule has 0 saturated carbocycles. The quantitative estimate of drug-likeness (QED) is 0.0715. The molecule has 1 N–H and O–H groups in total. The topological polar surface area (TPSA) is 92.7 Å². The van der Waals surface area contributed by atoms with Gasteiger partial charge >= 0.3 is 0 Å². The van der Waals surface area contributed by atoms with Crippen molar-refractivity contribution in [2.75, 3.05) is 27.8 Å². The van der Waals surface area contributed by atoms with Gasteiger partial charge in [-0.25, -0.2) is 0 Å². The van der Waals surface area contributed by atoms with Gasteiger partial charge in [-0.15, -0.1) is 0 Å². The van der Waals surface area contributed by atoms with E-state index < -0.39 is 22.7 Å². The summed E-state index contributed by atoms with van der Waals surface area (Å²) in [5.41, 5.74) is 8.85. The summed E-state index contributed by atoms with van der Waals surface area (Å²) >= 11 is 3.45. The van der Waals surface area contributed by atoms with Crippen LogP contribution in [-0.4, -0.2) is 55.8 Å². The van der Waals surface area contributed by atoms with Crippen LogP contribution in [0.2, 0.25) is 36.3 Å². The first-order chi connectivity index (χ1) is 29.0. The molecule has 11 heteroatoms. The normalized spacial score (nSPS) is 12.5. The highest BCUT2D eigenvalue weighted by atomic mass is 79.9. The molecule has 0 aromatic heterocycles. The predicted octanol–water partition coefficient (Wildman–Crippen LogP) is 14.9. The van der Waals surface area contributed by atoms with E-state index in [0.29, 0.717) is 12.7 Å². The number of hydrogen-bond donors (Lipinski definition) is 1. The summed E-state index contributed by atoms with van der Waals surface area (Å²) in [6.07, 6.45) is 0.205. The number of hydrogen-bond acceptors (Lipinski definition) is 8. The van der Waals surface area contributed by atoms with Crippen LogP contribution < -0.4 is 18.3 Å². The van der Waals surface area contributed by atoms with Crippen LogP contribution in [0.4, 0.5) is 0 Å². The van der Waals surface area contributed by atoms with E-state index in [2.05, 4.69) is 130 Å². The molecule has 63 heavy (non-hydrogen) atoms. The fourth-order valence-corrected chi connectivity index (χ4v) is 8.74. The van der Waals surface area contributed by atoms with E-state index in [4.69, 9.17) is 27.8 Å². The molecule has 1 atom stereocenters. The van der Waals surface area contributed by atoms with Crippen molar-refractivity contribution in [1.82, 2.24) is 0 Å². The van der Waals surface area contributed by atoms with Crippen molar-refractivity contribution in [1.29, 1.82) is 0 Å². The lowest BCUT2D eigenvalue weighted by Crippen LogP contribution is -2.43. The molecule has 0 spiro atoms. The Morgan fingerprint density at radius 2 is 1.00 bits per heavy atom. The Hall–Kier alpha value is -3.46. The molecule has 4 aromatic rings. The van der Waals surface area contributed by atoms with Crippen molar-refractivity contribution in [3.8, 4) is 23.0 Å². The molecule has 0 aliphatic heterocycles. The van der Waals surface area contributed by atoms with E-state index in [9.17, 15) is 9.90 Å². The Kier molecular flexibility index (Phi) is 20.9. The highest BCUT2D eigenvalue weighted by Crippen LogP contribution is 2.41. The number of carbonyl (C=O) groups excluding carboxylic acids is 1. The van der Waals surface area contributed by atoms with Crippen LogP contribution in [0.15, 0.2) is 65.1 Å². The number of aryl methyl sites for hydroxylation is 4. The second-order valence-corrected chi connectivity index (χ2v) is 30.4. The molecule has 4 rings (SSSR count). The third kappa shape index (κ3) is 15.9. The molecule has 0 radical (unpaired) electrons. The minimum atomic E-state index is -1.92. The van der Waals surface area contributed by atoms with Crippen molar-refractivity contribution in [3.63, 3.8) is 0 Å². The zero-order valence-electron chi connectivity index (χ0n) is 42.2. The first-order valence-corrected chi connectivity index (χ1v) is 28.5. The minimum absolute atomic E-state index is 0.132.